The molecule has 2 aliphatic rings. The second-order valence-electron chi connectivity index (χ2n) is 5.74. The number of carbonyl (C=O) groups is 2. The number of alkyl carbamates (subject to hydrolysis) is 1. The largest absolute Gasteiger partial charge is 0.441 e. The summed E-state index contributed by atoms with van der Waals surface area (Å²) in [6.07, 6.45) is 1.93. The summed E-state index contributed by atoms with van der Waals surface area (Å²) in [5.74, 6) is -0.0481. The van der Waals surface area contributed by atoms with Crippen molar-refractivity contribution in [3.8, 4) is 0 Å². The topological polar surface area (TPSA) is 71.5 Å². The van der Waals surface area contributed by atoms with Gasteiger partial charge in [0.15, 0.2) is 0 Å². The highest BCUT2D eigenvalue weighted by molar-refractivity contribution is 5.92. The molecule has 1 N–H and O–H groups in total. The molecular weight excluding hydrogens is 270 g/mol. The van der Waals surface area contributed by atoms with Gasteiger partial charge in [-0.3, -0.25) is 4.79 Å². The van der Waals surface area contributed by atoms with E-state index < -0.39 is 5.60 Å². The van der Waals surface area contributed by atoms with Crippen LogP contribution in [0.25, 0.3) is 0 Å². The van der Waals surface area contributed by atoms with Gasteiger partial charge in [0.05, 0.1) is 6.54 Å². The van der Waals surface area contributed by atoms with Gasteiger partial charge in [0.1, 0.15) is 11.3 Å². The molecule has 3 heterocycles. The predicted octanol–water partition coefficient (Wildman–Crippen LogP) is 1.49. The fourth-order valence-electron chi connectivity index (χ4n) is 2.98. The van der Waals surface area contributed by atoms with Crippen LogP contribution in [-0.4, -0.2) is 47.1 Å². The quantitative estimate of drug-likeness (QED) is 0.850. The van der Waals surface area contributed by atoms with E-state index in [9.17, 15) is 9.59 Å². The molecule has 3 rings (SSSR count). The number of carbonyl (C=O) groups excluding carboxylic acids is 2. The van der Waals surface area contributed by atoms with E-state index >= 15 is 0 Å². The monoisotopic (exact) mass is 289 g/mol. The van der Waals surface area contributed by atoms with Crippen molar-refractivity contribution in [2.45, 2.75) is 31.8 Å². The second-order valence-corrected chi connectivity index (χ2v) is 5.74. The smallest absolute Gasteiger partial charge is 0.407 e. The van der Waals surface area contributed by atoms with Crippen molar-refractivity contribution in [3.63, 3.8) is 0 Å². The molecule has 21 heavy (non-hydrogen) atoms. The fraction of sp³-hybridized carbons (Fsp3) is 0.533. The molecule has 2 fully saturated rings. The van der Waals surface area contributed by atoms with E-state index in [1.165, 1.54) is 0 Å². The van der Waals surface area contributed by atoms with E-state index in [4.69, 9.17) is 4.74 Å². The van der Waals surface area contributed by atoms with Crippen molar-refractivity contribution in [3.05, 3.63) is 29.6 Å². The molecule has 1 aromatic rings. The van der Waals surface area contributed by atoms with Gasteiger partial charge in [-0.25, -0.2) is 9.78 Å². The zero-order chi connectivity index (χ0) is 14.9. The van der Waals surface area contributed by atoms with Crippen LogP contribution < -0.4 is 5.32 Å². The Bertz CT molecular complexity index is 575. The lowest BCUT2D eigenvalue weighted by Gasteiger charge is -2.24. The number of hydrogen-bond donors (Lipinski definition) is 1. The summed E-state index contributed by atoms with van der Waals surface area (Å²) in [5, 5.41) is 2.71. The first-order valence-electron chi connectivity index (χ1n) is 7.28. The van der Waals surface area contributed by atoms with Gasteiger partial charge in [-0.2, -0.15) is 0 Å². The lowest BCUT2D eigenvalue weighted by molar-refractivity contribution is 0.0438. The molecule has 2 saturated heterocycles. The number of hydrogen-bond acceptors (Lipinski definition) is 4. The first-order valence-corrected chi connectivity index (χ1v) is 7.28. The summed E-state index contributed by atoms with van der Waals surface area (Å²) in [4.78, 5) is 29.9. The lowest BCUT2D eigenvalue weighted by Crippen LogP contribution is -2.36. The molecule has 0 radical (unpaired) electrons. The summed E-state index contributed by atoms with van der Waals surface area (Å²) >= 11 is 0. The minimum atomic E-state index is -0.438. The van der Waals surface area contributed by atoms with E-state index in [1.54, 1.807) is 6.07 Å². The number of rotatable bonds is 1. The van der Waals surface area contributed by atoms with Crippen molar-refractivity contribution in [2.75, 3.05) is 19.6 Å². The van der Waals surface area contributed by atoms with Crippen LogP contribution >= 0.6 is 0 Å². The Morgan fingerprint density at radius 2 is 2.24 bits per heavy atom. The molecule has 1 spiro atoms. The Kier molecular flexibility index (Phi) is 3.53. The maximum absolute atomic E-state index is 12.5. The molecule has 0 bridgehead atoms. The molecule has 1 atom stereocenters. The number of nitrogens with one attached hydrogen (secondary N) is 1. The summed E-state index contributed by atoms with van der Waals surface area (Å²) in [6, 6.07) is 5.46. The molecule has 0 saturated carbocycles. The van der Waals surface area contributed by atoms with E-state index in [0.29, 0.717) is 31.7 Å². The maximum Gasteiger partial charge on any atom is 0.407 e. The Morgan fingerprint density at radius 1 is 1.38 bits per heavy atom. The standard InChI is InChI=1S/C15H19N3O3/c1-11-4-2-5-12(17-11)13(19)18-8-3-6-15(7-9-18)10-16-14(20)21-15/h2,4-5H,3,6-10H2,1H3,(H,16,20)/t15-/m1/s1. The third-order valence-electron chi connectivity index (χ3n) is 4.16. The van der Waals surface area contributed by atoms with Gasteiger partial charge in [0.25, 0.3) is 5.91 Å². The van der Waals surface area contributed by atoms with Crippen molar-refractivity contribution in [1.82, 2.24) is 15.2 Å². The average molecular weight is 289 g/mol. The Morgan fingerprint density at radius 3 is 2.95 bits per heavy atom. The highest BCUT2D eigenvalue weighted by Gasteiger charge is 2.41. The van der Waals surface area contributed by atoms with Crippen molar-refractivity contribution in [2.24, 2.45) is 0 Å². The third-order valence-corrected chi connectivity index (χ3v) is 4.16. The predicted molar refractivity (Wildman–Crippen MR) is 75.9 cm³/mol. The van der Waals surface area contributed by atoms with Crippen LogP contribution in [0.4, 0.5) is 4.79 Å². The van der Waals surface area contributed by atoms with Crippen LogP contribution in [0.3, 0.4) is 0 Å². The summed E-state index contributed by atoms with van der Waals surface area (Å²) in [5.41, 5.74) is 0.875. The van der Waals surface area contributed by atoms with Crippen LogP contribution in [0.5, 0.6) is 0 Å². The average Bonchev–Trinajstić information content (AvgIpc) is 2.70. The van der Waals surface area contributed by atoms with E-state index in [1.807, 2.05) is 24.0 Å². The molecule has 0 aliphatic carbocycles. The van der Waals surface area contributed by atoms with Gasteiger partial charge in [0.2, 0.25) is 0 Å². The molecule has 0 aromatic carbocycles. The highest BCUT2D eigenvalue weighted by atomic mass is 16.6. The first kappa shape index (κ1) is 13.9. The number of nitrogens with zero attached hydrogens (tertiary/aromatic N) is 2. The minimum absolute atomic E-state index is 0.0481. The number of aryl methyl sites for hydroxylation is 1. The highest BCUT2D eigenvalue weighted by Crippen LogP contribution is 2.29. The number of aromatic nitrogens is 1. The molecule has 2 amide bonds. The van der Waals surface area contributed by atoms with Gasteiger partial charge < -0.3 is 15.0 Å². The molecular formula is C15H19N3O3. The van der Waals surface area contributed by atoms with Crippen molar-refractivity contribution >= 4 is 12.0 Å². The van der Waals surface area contributed by atoms with E-state index in [2.05, 4.69) is 10.3 Å². The Balaban J connectivity index is 1.70. The number of amides is 2. The number of pyridine rings is 1. The van der Waals surface area contributed by atoms with Gasteiger partial charge in [-0.15, -0.1) is 0 Å². The molecule has 1 aromatic heterocycles. The van der Waals surface area contributed by atoms with Crippen molar-refractivity contribution in [1.29, 1.82) is 0 Å². The second kappa shape index (κ2) is 5.35. The number of likely N-dealkylation sites (tertiary alicyclic amines) is 1. The molecule has 0 unspecified atom stereocenters. The van der Waals surface area contributed by atoms with E-state index in [-0.39, 0.29) is 12.0 Å². The van der Waals surface area contributed by atoms with Crippen LogP contribution in [0.15, 0.2) is 18.2 Å². The van der Waals surface area contributed by atoms with Gasteiger partial charge in [-0.1, -0.05) is 6.07 Å². The first-order chi connectivity index (χ1) is 10.1. The zero-order valence-corrected chi connectivity index (χ0v) is 12.1. The lowest BCUT2D eigenvalue weighted by atomic mass is 9.95. The summed E-state index contributed by atoms with van der Waals surface area (Å²) in [6.45, 7) is 3.67. The van der Waals surface area contributed by atoms with E-state index in [0.717, 1.165) is 18.5 Å². The van der Waals surface area contributed by atoms with Gasteiger partial charge in [-0.05, 0) is 31.9 Å². The van der Waals surface area contributed by atoms with Crippen LogP contribution in [0.2, 0.25) is 0 Å². The number of ether oxygens (including phenoxy) is 1. The van der Waals surface area contributed by atoms with Gasteiger partial charge in [0, 0.05) is 25.2 Å². The van der Waals surface area contributed by atoms with Crippen LogP contribution in [0.1, 0.15) is 35.4 Å². The van der Waals surface area contributed by atoms with Crippen LogP contribution in [0, 0.1) is 6.92 Å². The van der Waals surface area contributed by atoms with Gasteiger partial charge >= 0.3 is 6.09 Å². The molecule has 2 aliphatic heterocycles. The Hall–Kier alpha value is -2.11. The normalized spacial score (nSPS) is 25.4. The maximum atomic E-state index is 12.5. The summed E-state index contributed by atoms with van der Waals surface area (Å²) in [7, 11) is 0. The summed E-state index contributed by atoms with van der Waals surface area (Å²) < 4.78 is 5.42. The fourth-order valence-corrected chi connectivity index (χ4v) is 2.98. The molecule has 6 nitrogen and oxygen atoms in total. The third kappa shape index (κ3) is 2.84. The molecule has 112 valence electrons. The Labute approximate surface area is 123 Å². The SMILES string of the molecule is Cc1cccc(C(=O)N2CCC[C@@]3(CC2)CNC(=O)O3)n1. The van der Waals surface area contributed by atoms with Crippen molar-refractivity contribution < 1.29 is 14.3 Å². The van der Waals surface area contributed by atoms with Crippen LogP contribution in [-0.2, 0) is 4.74 Å². The molecule has 6 heteroatoms. The minimum Gasteiger partial charge on any atom is -0.441 e. The zero-order valence-electron chi connectivity index (χ0n) is 12.1.